The Hall–Kier alpha value is -5.62. The quantitative estimate of drug-likeness (QED) is 0.285. The SMILES string of the molecule is C(#Cc1ccccc1)O[B-](OC#Cc1ccccc1)(OC#Cc1ccccc1)OC#Cc1ccccc1. The van der Waals surface area contributed by atoms with Gasteiger partial charge in [0.05, 0.1) is 24.4 Å². The zero-order chi connectivity index (χ0) is 25.4. The number of hydrogen-bond acceptors (Lipinski definition) is 4. The highest BCUT2D eigenvalue weighted by atomic mass is 16.9. The highest BCUT2D eigenvalue weighted by Crippen LogP contribution is 2.12. The van der Waals surface area contributed by atoms with Gasteiger partial charge in [-0.05, 0) is 72.2 Å². The summed E-state index contributed by atoms with van der Waals surface area (Å²) < 4.78 is 22.7. The third kappa shape index (κ3) is 8.28. The Morgan fingerprint density at radius 2 is 0.541 bits per heavy atom. The molecule has 37 heavy (non-hydrogen) atoms. The van der Waals surface area contributed by atoms with Crippen molar-refractivity contribution in [2.45, 2.75) is 0 Å². The second-order valence-corrected chi connectivity index (χ2v) is 7.42. The fraction of sp³-hybridized carbons (Fsp3) is 0. The molecule has 4 aromatic carbocycles. The summed E-state index contributed by atoms with van der Waals surface area (Å²) in [5, 5.41) is 0. The molecule has 0 heterocycles. The van der Waals surface area contributed by atoms with Gasteiger partial charge in [-0.25, -0.2) is 0 Å². The van der Waals surface area contributed by atoms with Crippen molar-refractivity contribution in [3.05, 3.63) is 144 Å². The van der Waals surface area contributed by atoms with Crippen LogP contribution in [0.2, 0.25) is 0 Å². The smallest absolute Gasteiger partial charge is 0.560 e. The largest absolute Gasteiger partial charge is 0.810 e. The summed E-state index contributed by atoms with van der Waals surface area (Å²) in [7, 11) is 0. The summed E-state index contributed by atoms with van der Waals surface area (Å²) in [5.41, 5.74) is 2.92. The van der Waals surface area contributed by atoms with E-state index in [2.05, 4.69) is 48.1 Å². The Labute approximate surface area is 217 Å². The van der Waals surface area contributed by atoms with E-state index < -0.39 is 6.96 Å². The molecule has 0 aliphatic carbocycles. The molecule has 0 aromatic heterocycles. The van der Waals surface area contributed by atoms with Gasteiger partial charge in [0.1, 0.15) is 0 Å². The lowest BCUT2D eigenvalue weighted by Crippen LogP contribution is -2.44. The van der Waals surface area contributed by atoms with Crippen molar-refractivity contribution in [1.82, 2.24) is 0 Å². The molecule has 0 spiro atoms. The number of rotatable bonds is 4. The van der Waals surface area contributed by atoms with E-state index in [1.165, 1.54) is 0 Å². The van der Waals surface area contributed by atoms with Crippen molar-refractivity contribution in [3.63, 3.8) is 0 Å². The Bertz CT molecular complexity index is 1280. The first-order valence-corrected chi connectivity index (χ1v) is 11.4. The fourth-order valence-corrected chi connectivity index (χ4v) is 2.87. The summed E-state index contributed by atoms with van der Waals surface area (Å²) in [6, 6.07) is 37.3. The minimum atomic E-state index is -3.10. The monoisotopic (exact) mass is 479 g/mol. The fourth-order valence-electron chi connectivity index (χ4n) is 2.87. The van der Waals surface area contributed by atoms with E-state index in [1.54, 1.807) is 0 Å². The molecule has 0 atom stereocenters. The number of hydrogen-bond donors (Lipinski definition) is 0. The van der Waals surface area contributed by atoms with E-state index in [0.29, 0.717) is 0 Å². The molecule has 0 aliphatic heterocycles. The first kappa shape index (κ1) is 24.5. The molecule has 0 aliphatic rings. The zero-order valence-electron chi connectivity index (χ0n) is 19.8. The van der Waals surface area contributed by atoms with Gasteiger partial charge >= 0.3 is 6.96 Å². The average Bonchev–Trinajstić information content (AvgIpc) is 2.95. The Balaban J connectivity index is 1.65. The van der Waals surface area contributed by atoms with Crippen LogP contribution in [0.15, 0.2) is 121 Å². The number of benzene rings is 4. The maximum Gasteiger partial charge on any atom is 0.810 e. The van der Waals surface area contributed by atoms with Gasteiger partial charge in [0.25, 0.3) is 0 Å². The molecular weight excluding hydrogens is 459 g/mol. The third-order valence-corrected chi connectivity index (χ3v) is 4.69. The molecule has 4 aromatic rings. The lowest BCUT2D eigenvalue weighted by atomic mass is 10.1. The molecule has 0 unspecified atom stereocenters. The molecule has 5 heteroatoms. The van der Waals surface area contributed by atoms with Gasteiger partial charge < -0.3 is 18.6 Å². The summed E-state index contributed by atoms with van der Waals surface area (Å²) in [5.74, 6) is 11.5. The Morgan fingerprint density at radius 1 is 0.324 bits per heavy atom. The van der Waals surface area contributed by atoms with Crippen LogP contribution < -0.4 is 0 Å². The van der Waals surface area contributed by atoms with E-state index in [4.69, 9.17) is 18.6 Å². The summed E-state index contributed by atoms with van der Waals surface area (Å²) in [6.07, 6.45) is 10.4. The molecule has 0 saturated carbocycles. The van der Waals surface area contributed by atoms with Crippen molar-refractivity contribution in [3.8, 4) is 48.1 Å². The molecule has 0 radical (unpaired) electrons. The van der Waals surface area contributed by atoms with Crippen LogP contribution in [0.5, 0.6) is 0 Å². The lowest BCUT2D eigenvalue weighted by molar-refractivity contribution is 0.107. The van der Waals surface area contributed by atoms with Crippen LogP contribution in [0, 0.1) is 48.1 Å². The van der Waals surface area contributed by atoms with Gasteiger partial charge in [-0.3, -0.25) is 0 Å². The summed E-state index contributed by atoms with van der Waals surface area (Å²) >= 11 is 0. The van der Waals surface area contributed by atoms with Crippen LogP contribution in [0.4, 0.5) is 0 Å². The van der Waals surface area contributed by atoms with Crippen LogP contribution in [0.25, 0.3) is 0 Å². The molecule has 0 fully saturated rings. The molecule has 176 valence electrons. The highest BCUT2D eigenvalue weighted by molar-refractivity contribution is 6.55. The second kappa shape index (κ2) is 13.3. The Kier molecular flexibility index (Phi) is 8.82. The highest BCUT2D eigenvalue weighted by Gasteiger charge is 2.41. The van der Waals surface area contributed by atoms with Gasteiger partial charge in [0.15, 0.2) is 0 Å². The van der Waals surface area contributed by atoms with E-state index >= 15 is 0 Å². The maximum absolute atomic E-state index is 5.67. The van der Waals surface area contributed by atoms with Crippen LogP contribution >= 0.6 is 0 Å². The van der Waals surface area contributed by atoms with Crippen LogP contribution in [-0.2, 0) is 18.6 Å². The lowest BCUT2D eigenvalue weighted by Gasteiger charge is -2.30. The van der Waals surface area contributed by atoms with E-state index in [0.717, 1.165) is 22.3 Å². The topological polar surface area (TPSA) is 36.9 Å². The van der Waals surface area contributed by atoms with Crippen molar-refractivity contribution in [1.29, 1.82) is 0 Å². The van der Waals surface area contributed by atoms with Crippen molar-refractivity contribution >= 4 is 6.96 Å². The molecule has 4 nitrogen and oxygen atoms in total. The molecule has 0 amide bonds. The normalized spacial score (nSPS) is 9.30. The van der Waals surface area contributed by atoms with Gasteiger partial charge in [-0.2, -0.15) is 0 Å². The first-order chi connectivity index (χ1) is 18.3. The average molecular weight is 479 g/mol. The van der Waals surface area contributed by atoms with Crippen molar-refractivity contribution in [2.24, 2.45) is 0 Å². The van der Waals surface area contributed by atoms with Crippen molar-refractivity contribution in [2.75, 3.05) is 0 Å². The van der Waals surface area contributed by atoms with E-state index in [1.807, 2.05) is 121 Å². The molecule has 0 bridgehead atoms. The maximum atomic E-state index is 5.67. The van der Waals surface area contributed by atoms with Crippen molar-refractivity contribution < 1.29 is 18.6 Å². The standard InChI is InChI=1S/C32H20BO4/c1-5-13-29(14-6-1)21-25-34-33(35-26-22-30-15-7-2-8-16-30,36-27-23-31-17-9-3-10-18-31)37-28-24-32-19-11-4-12-20-32/h1-20H/q-1. The van der Waals surface area contributed by atoms with Crippen LogP contribution in [0.3, 0.4) is 0 Å². The van der Waals surface area contributed by atoms with Crippen LogP contribution in [0.1, 0.15) is 22.3 Å². The molecular formula is C32H20BO4-. The Morgan fingerprint density at radius 3 is 0.757 bits per heavy atom. The van der Waals surface area contributed by atoms with E-state index in [9.17, 15) is 0 Å². The van der Waals surface area contributed by atoms with Crippen LogP contribution in [-0.4, -0.2) is 6.96 Å². The summed E-state index contributed by atoms with van der Waals surface area (Å²) in [6.45, 7) is -3.10. The van der Waals surface area contributed by atoms with Gasteiger partial charge in [-0.1, -0.05) is 72.8 Å². The predicted molar refractivity (Wildman–Crippen MR) is 143 cm³/mol. The molecule has 0 N–H and O–H groups in total. The molecule has 4 rings (SSSR count). The van der Waals surface area contributed by atoms with Gasteiger partial charge in [0, 0.05) is 22.3 Å². The second-order valence-electron chi connectivity index (χ2n) is 7.42. The van der Waals surface area contributed by atoms with E-state index in [-0.39, 0.29) is 0 Å². The first-order valence-electron chi connectivity index (χ1n) is 11.4. The minimum Gasteiger partial charge on any atom is -0.560 e. The zero-order valence-corrected chi connectivity index (χ0v) is 19.8. The summed E-state index contributed by atoms with van der Waals surface area (Å²) in [4.78, 5) is 0. The van der Waals surface area contributed by atoms with Gasteiger partial charge in [-0.15, -0.1) is 0 Å². The predicted octanol–water partition coefficient (Wildman–Crippen LogP) is 5.53. The third-order valence-electron chi connectivity index (χ3n) is 4.69. The van der Waals surface area contributed by atoms with Gasteiger partial charge in [0.2, 0.25) is 0 Å². The minimum absolute atomic E-state index is 0.730. The molecule has 0 saturated heterocycles.